The molecular weight excluding hydrogens is 763 g/mol. The quantitative estimate of drug-likeness (QED) is 0.160. The van der Waals surface area contributed by atoms with E-state index in [0.29, 0.717) is 0 Å². The summed E-state index contributed by atoms with van der Waals surface area (Å²) in [6.45, 7) is 4.71. The van der Waals surface area contributed by atoms with E-state index >= 15 is 0 Å². The highest BCUT2D eigenvalue weighted by molar-refractivity contribution is 6.08. The largest absolute Gasteiger partial charge is 0.456 e. The Kier molecular flexibility index (Phi) is 8.55. The Morgan fingerprint density at radius 3 is 1.68 bits per heavy atom. The Labute approximate surface area is 368 Å². The molecule has 0 saturated carbocycles. The number of nitrogens with zero attached hydrogens (tertiary/aromatic N) is 1. The first-order chi connectivity index (χ1) is 31.0. The van der Waals surface area contributed by atoms with Crippen LogP contribution in [0.2, 0.25) is 0 Å². The Morgan fingerprint density at radius 1 is 0.365 bits per heavy atom. The van der Waals surface area contributed by atoms with Crippen molar-refractivity contribution in [1.82, 2.24) is 0 Å². The maximum atomic E-state index is 6.30. The molecule has 1 aliphatic carbocycles. The Hall–Kier alpha value is -7.94. The summed E-state index contributed by atoms with van der Waals surface area (Å²) < 4.78 is 6.30. The van der Waals surface area contributed by atoms with Crippen molar-refractivity contribution in [3.05, 3.63) is 236 Å². The summed E-state index contributed by atoms with van der Waals surface area (Å²) in [5.74, 6) is 0. The van der Waals surface area contributed by atoms with Gasteiger partial charge in [-0.3, -0.25) is 0 Å². The second kappa shape index (κ2) is 14.6. The van der Waals surface area contributed by atoms with Crippen LogP contribution in [0.15, 0.2) is 229 Å². The van der Waals surface area contributed by atoms with Crippen LogP contribution in [0.1, 0.15) is 25.0 Å². The van der Waals surface area contributed by atoms with E-state index in [1.54, 1.807) is 0 Å². The molecule has 1 aliphatic rings. The van der Waals surface area contributed by atoms with Gasteiger partial charge in [0.2, 0.25) is 0 Å². The molecule has 0 aliphatic heterocycles. The van der Waals surface area contributed by atoms with Gasteiger partial charge in [0.1, 0.15) is 11.2 Å². The summed E-state index contributed by atoms with van der Waals surface area (Å²) in [5.41, 5.74) is 19.8. The SMILES string of the molecule is CC1(C)c2ccccc2-c2c(-c3ccccc3N(c3ccc(-c4cccc5cccc(-c6ccccc6)c45)cc3)c3ccccc3-c3ccc4oc5ccccc5c4c3)cccc21. The van der Waals surface area contributed by atoms with E-state index in [1.807, 2.05) is 12.1 Å². The minimum absolute atomic E-state index is 0.114. The standard InChI is InChI=1S/C61H43NO/c1-61(2)53-28-10-6-24-51(53)60-50(27-16-29-54(60)61)48-22-8-12-31-56(48)62(55-30-11-7-21-45(55)43-35-38-58-52(39-43)49-23-9-13-32-57(49)63-58)44-36-33-41(34-37-44)47-26-15-20-42-19-14-25-46(59(42)47)40-17-4-3-5-18-40/h3-39H,1-2H3. The van der Waals surface area contributed by atoms with Crippen LogP contribution in [0.5, 0.6) is 0 Å². The summed E-state index contributed by atoms with van der Waals surface area (Å²) in [5, 5.41) is 4.72. The molecule has 12 rings (SSSR count). The first-order valence-electron chi connectivity index (χ1n) is 21.8. The van der Waals surface area contributed by atoms with Crippen molar-refractivity contribution in [3.8, 4) is 55.6 Å². The molecule has 0 bridgehead atoms. The van der Waals surface area contributed by atoms with Gasteiger partial charge in [-0.25, -0.2) is 0 Å². The second-order valence-electron chi connectivity index (χ2n) is 17.2. The molecule has 10 aromatic carbocycles. The Bertz CT molecular complexity index is 3530. The molecule has 1 aromatic heterocycles. The molecule has 11 aromatic rings. The number of hydrogen-bond acceptors (Lipinski definition) is 2. The molecular formula is C61H43NO. The molecule has 0 saturated heterocycles. The van der Waals surface area contributed by atoms with E-state index in [-0.39, 0.29) is 5.41 Å². The lowest BCUT2D eigenvalue weighted by atomic mass is 9.82. The Balaban J connectivity index is 1.07. The van der Waals surface area contributed by atoms with Gasteiger partial charge < -0.3 is 9.32 Å². The van der Waals surface area contributed by atoms with E-state index in [4.69, 9.17) is 4.42 Å². The molecule has 0 spiro atoms. The molecule has 63 heavy (non-hydrogen) atoms. The van der Waals surface area contributed by atoms with Crippen molar-refractivity contribution in [2.75, 3.05) is 4.90 Å². The highest BCUT2D eigenvalue weighted by atomic mass is 16.3. The van der Waals surface area contributed by atoms with Gasteiger partial charge in [-0.2, -0.15) is 0 Å². The molecule has 0 amide bonds. The number of fused-ring (bicyclic) bond motifs is 7. The fourth-order valence-corrected chi connectivity index (χ4v) is 10.3. The van der Waals surface area contributed by atoms with E-state index in [2.05, 4.69) is 231 Å². The van der Waals surface area contributed by atoms with Crippen LogP contribution in [-0.2, 0) is 5.41 Å². The molecule has 0 unspecified atom stereocenters. The van der Waals surface area contributed by atoms with Crippen LogP contribution in [0.4, 0.5) is 17.1 Å². The van der Waals surface area contributed by atoms with Crippen molar-refractivity contribution in [1.29, 1.82) is 0 Å². The zero-order valence-corrected chi connectivity index (χ0v) is 35.2. The van der Waals surface area contributed by atoms with Gasteiger partial charge >= 0.3 is 0 Å². The minimum Gasteiger partial charge on any atom is -0.456 e. The van der Waals surface area contributed by atoms with E-state index in [0.717, 1.165) is 50.1 Å². The molecule has 0 radical (unpaired) electrons. The van der Waals surface area contributed by atoms with Gasteiger partial charge in [0.05, 0.1) is 11.4 Å². The van der Waals surface area contributed by atoms with Gasteiger partial charge in [-0.1, -0.05) is 196 Å². The van der Waals surface area contributed by atoms with Crippen LogP contribution in [0.3, 0.4) is 0 Å². The first-order valence-corrected chi connectivity index (χ1v) is 21.8. The normalized spacial score (nSPS) is 12.7. The molecule has 0 atom stereocenters. The average Bonchev–Trinajstić information content (AvgIpc) is 3.83. The van der Waals surface area contributed by atoms with Crippen LogP contribution >= 0.6 is 0 Å². The van der Waals surface area contributed by atoms with E-state index < -0.39 is 0 Å². The highest BCUT2D eigenvalue weighted by Gasteiger charge is 2.37. The molecule has 0 N–H and O–H groups in total. The Morgan fingerprint density at radius 2 is 0.905 bits per heavy atom. The number of furan rings is 1. The van der Waals surface area contributed by atoms with Gasteiger partial charge in [0, 0.05) is 33.0 Å². The second-order valence-corrected chi connectivity index (χ2v) is 17.2. The third kappa shape index (κ3) is 5.94. The first kappa shape index (κ1) is 36.9. The summed E-state index contributed by atoms with van der Waals surface area (Å²) in [4.78, 5) is 2.47. The van der Waals surface area contributed by atoms with Gasteiger partial charge in [0.15, 0.2) is 0 Å². The lowest BCUT2D eigenvalue weighted by Gasteiger charge is -2.30. The van der Waals surface area contributed by atoms with Crippen molar-refractivity contribution in [2.45, 2.75) is 19.3 Å². The predicted molar refractivity (Wildman–Crippen MR) is 265 cm³/mol. The molecule has 2 heteroatoms. The number of hydrogen-bond donors (Lipinski definition) is 0. The van der Waals surface area contributed by atoms with Gasteiger partial charge in [-0.15, -0.1) is 0 Å². The smallest absolute Gasteiger partial charge is 0.135 e. The topological polar surface area (TPSA) is 16.4 Å². The predicted octanol–water partition coefficient (Wildman–Crippen LogP) is 17.2. The van der Waals surface area contributed by atoms with Gasteiger partial charge in [0.25, 0.3) is 0 Å². The zero-order chi connectivity index (χ0) is 42.1. The van der Waals surface area contributed by atoms with Crippen molar-refractivity contribution in [3.63, 3.8) is 0 Å². The molecule has 1 heterocycles. The maximum Gasteiger partial charge on any atom is 0.135 e. The monoisotopic (exact) mass is 805 g/mol. The average molecular weight is 806 g/mol. The van der Waals surface area contributed by atoms with Crippen LogP contribution < -0.4 is 4.90 Å². The number of rotatable bonds is 7. The maximum absolute atomic E-state index is 6.30. The van der Waals surface area contributed by atoms with Crippen molar-refractivity contribution >= 4 is 49.8 Å². The summed E-state index contributed by atoms with van der Waals surface area (Å²) in [6.07, 6.45) is 0. The summed E-state index contributed by atoms with van der Waals surface area (Å²) >= 11 is 0. The molecule has 298 valence electrons. The molecule has 2 nitrogen and oxygen atoms in total. The van der Waals surface area contributed by atoms with Crippen molar-refractivity contribution in [2.24, 2.45) is 0 Å². The number of benzene rings is 10. The lowest BCUT2D eigenvalue weighted by Crippen LogP contribution is -2.15. The third-order valence-corrected chi connectivity index (χ3v) is 13.3. The third-order valence-electron chi connectivity index (χ3n) is 13.3. The fourth-order valence-electron chi connectivity index (χ4n) is 10.3. The number of anilines is 3. The highest BCUT2D eigenvalue weighted by Crippen LogP contribution is 2.54. The van der Waals surface area contributed by atoms with Crippen LogP contribution in [0.25, 0.3) is 88.3 Å². The van der Waals surface area contributed by atoms with Crippen molar-refractivity contribution < 1.29 is 4.42 Å². The fraction of sp³-hybridized carbons (Fsp3) is 0.0492. The molecule has 0 fully saturated rings. The minimum atomic E-state index is -0.114. The lowest BCUT2D eigenvalue weighted by molar-refractivity contribution is 0.660. The van der Waals surface area contributed by atoms with E-state index in [9.17, 15) is 0 Å². The van der Waals surface area contributed by atoms with E-state index in [1.165, 1.54) is 66.4 Å². The van der Waals surface area contributed by atoms with Crippen LogP contribution in [-0.4, -0.2) is 0 Å². The number of para-hydroxylation sites is 3. The summed E-state index contributed by atoms with van der Waals surface area (Å²) in [6, 6.07) is 81.7. The van der Waals surface area contributed by atoms with Gasteiger partial charge in [-0.05, 0) is 109 Å². The zero-order valence-electron chi connectivity index (χ0n) is 35.2. The van der Waals surface area contributed by atoms with Crippen LogP contribution in [0, 0.1) is 0 Å². The summed E-state index contributed by atoms with van der Waals surface area (Å²) in [7, 11) is 0.